The molecule has 2 heterocycles. The predicted molar refractivity (Wildman–Crippen MR) is 78.3 cm³/mol. The Morgan fingerprint density at radius 2 is 1.73 bits per heavy atom. The summed E-state index contributed by atoms with van der Waals surface area (Å²) in [6.07, 6.45) is 2.62. The van der Waals surface area contributed by atoms with Crippen molar-refractivity contribution in [2.75, 3.05) is 18.0 Å². The van der Waals surface area contributed by atoms with Gasteiger partial charge >= 0.3 is 17.1 Å². The summed E-state index contributed by atoms with van der Waals surface area (Å²) < 4.78 is 0. The van der Waals surface area contributed by atoms with E-state index < -0.39 is 21.2 Å². The largest absolute Gasteiger partial charge is 0.360 e. The highest BCUT2D eigenvalue weighted by atomic mass is 16.6. The second kappa shape index (κ2) is 5.13. The van der Waals surface area contributed by atoms with E-state index in [4.69, 9.17) is 0 Å². The van der Waals surface area contributed by atoms with Crippen molar-refractivity contribution in [1.82, 2.24) is 9.97 Å². The number of hydrogen-bond donors (Lipinski definition) is 2. The number of fused-ring (bicyclic) bond motifs is 1. The van der Waals surface area contributed by atoms with Crippen molar-refractivity contribution >= 4 is 28.1 Å². The van der Waals surface area contributed by atoms with E-state index in [0.717, 1.165) is 19.3 Å². The van der Waals surface area contributed by atoms with Gasteiger partial charge in [-0.1, -0.05) is 0 Å². The molecule has 10 heteroatoms. The van der Waals surface area contributed by atoms with Gasteiger partial charge in [-0.3, -0.25) is 25.2 Å². The molecule has 0 aliphatic carbocycles. The van der Waals surface area contributed by atoms with E-state index in [1.165, 1.54) is 6.07 Å². The normalized spacial score (nSPS) is 15.2. The van der Waals surface area contributed by atoms with E-state index in [1.54, 1.807) is 4.90 Å². The minimum absolute atomic E-state index is 0.0128. The van der Waals surface area contributed by atoms with Gasteiger partial charge in [0.25, 0.3) is 0 Å². The van der Waals surface area contributed by atoms with E-state index in [0.29, 0.717) is 13.1 Å². The Hall–Kier alpha value is -2.91. The third-order valence-electron chi connectivity index (χ3n) is 3.79. The number of benzene rings is 1. The van der Waals surface area contributed by atoms with E-state index >= 15 is 0 Å². The van der Waals surface area contributed by atoms with Crippen LogP contribution in [-0.4, -0.2) is 32.9 Å². The first-order valence-corrected chi connectivity index (χ1v) is 6.82. The standard InChI is InChI=1S/C12H13N5O5/c18-12-13-7-6-8(16(19)20)10(15-4-2-1-3-5-15)11(17(21)22)9(7)14-12/h6H,1-5H2,(H2,13,14,18). The van der Waals surface area contributed by atoms with Crippen LogP contribution in [0.4, 0.5) is 17.1 Å². The summed E-state index contributed by atoms with van der Waals surface area (Å²) in [6, 6.07) is 1.17. The molecule has 1 aromatic carbocycles. The highest BCUT2D eigenvalue weighted by Crippen LogP contribution is 2.42. The summed E-state index contributed by atoms with van der Waals surface area (Å²) in [5.41, 5.74) is -1.41. The molecule has 1 aliphatic rings. The maximum absolute atomic E-state index is 11.5. The predicted octanol–water partition coefficient (Wildman–Crippen LogP) is 1.66. The first-order chi connectivity index (χ1) is 10.5. The molecule has 2 N–H and O–H groups in total. The van der Waals surface area contributed by atoms with Gasteiger partial charge in [0, 0.05) is 19.2 Å². The second-order valence-electron chi connectivity index (χ2n) is 5.16. The average molecular weight is 307 g/mol. The fraction of sp³-hybridized carbons (Fsp3) is 0.417. The topological polar surface area (TPSA) is 138 Å². The molecule has 2 aromatic rings. The van der Waals surface area contributed by atoms with Crippen molar-refractivity contribution in [3.8, 4) is 0 Å². The number of rotatable bonds is 3. The number of H-pyrrole nitrogens is 2. The minimum atomic E-state index is -0.678. The van der Waals surface area contributed by atoms with Gasteiger partial charge in [0.2, 0.25) is 0 Å². The minimum Gasteiger partial charge on any atom is -0.360 e. The molecule has 0 amide bonds. The summed E-state index contributed by atoms with van der Waals surface area (Å²) in [5, 5.41) is 22.8. The maximum atomic E-state index is 11.5. The van der Waals surface area contributed by atoms with Gasteiger partial charge in [0.1, 0.15) is 5.52 Å². The number of nitrogens with zero attached hydrogens (tertiary/aromatic N) is 3. The lowest BCUT2D eigenvalue weighted by Crippen LogP contribution is -2.30. The maximum Gasteiger partial charge on any atom is 0.325 e. The Kier molecular flexibility index (Phi) is 3.28. The average Bonchev–Trinajstić information content (AvgIpc) is 2.85. The molecule has 1 fully saturated rings. The van der Waals surface area contributed by atoms with E-state index in [-0.39, 0.29) is 22.4 Å². The molecule has 0 bridgehead atoms. The number of piperidine rings is 1. The van der Waals surface area contributed by atoms with Crippen LogP contribution < -0.4 is 10.6 Å². The smallest absolute Gasteiger partial charge is 0.325 e. The SMILES string of the molecule is O=c1[nH]c2cc([N+](=O)[O-])c(N3CCCCC3)c([N+](=O)[O-])c2[nH]1. The van der Waals surface area contributed by atoms with E-state index in [9.17, 15) is 25.0 Å². The lowest BCUT2D eigenvalue weighted by molar-refractivity contribution is -0.391. The van der Waals surface area contributed by atoms with Crippen LogP contribution in [0.25, 0.3) is 11.0 Å². The Morgan fingerprint density at radius 3 is 2.32 bits per heavy atom. The zero-order valence-electron chi connectivity index (χ0n) is 11.5. The van der Waals surface area contributed by atoms with Crippen LogP contribution in [0.2, 0.25) is 0 Å². The molecule has 0 saturated carbocycles. The third kappa shape index (κ3) is 2.18. The zero-order valence-corrected chi connectivity index (χ0v) is 11.5. The fourth-order valence-corrected chi connectivity index (χ4v) is 2.88. The number of imidazole rings is 1. The number of aromatic amines is 2. The van der Waals surface area contributed by atoms with Gasteiger partial charge in [-0.2, -0.15) is 0 Å². The van der Waals surface area contributed by atoms with Crippen molar-refractivity contribution in [2.24, 2.45) is 0 Å². The van der Waals surface area contributed by atoms with Crippen molar-refractivity contribution in [3.63, 3.8) is 0 Å². The quantitative estimate of drug-likeness (QED) is 0.653. The fourth-order valence-electron chi connectivity index (χ4n) is 2.88. The van der Waals surface area contributed by atoms with Crippen LogP contribution in [0.3, 0.4) is 0 Å². The molecule has 0 unspecified atom stereocenters. The van der Waals surface area contributed by atoms with Gasteiger partial charge < -0.3 is 9.88 Å². The van der Waals surface area contributed by atoms with Crippen LogP contribution in [-0.2, 0) is 0 Å². The number of nitrogens with one attached hydrogen (secondary N) is 2. The van der Waals surface area contributed by atoms with E-state index in [1.807, 2.05) is 0 Å². The first-order valence-electron chi connectivity index (χ1n) is 6.82. The Labute approximate surface area is 123 Å². The summed E-state index contributed by atoms with van der Waals surface area (Å²) in [6.45, 7) is 1.03. The number of hydrogen-bond acceptors (Lipinski definition) is 6. The highest BCUT2D eigenvalue weighted by Gasteiger charge is 2.34. The van der Waals surface area contributed by atoms with Gasteiger partial charge in [-0.05, 0) is 19.3 Å². The Balaban J connectivity index is 2.36. The Morgan fingerprint density at radius 1 is 1.05 bits per heavy atom. The molecule has 22 heavy (non-hydrogen) atoms. The molecular formula is C12H13N5O5. The van der Waals surface area contributed by atoms with Gasteiger partial charge in [-0.25, -0.2) is 4.79 Å². The molecule has 0 spiro atoms. The number of nitro groups is 2. The molecule has 0 radical (unpaired) electrons. The summed E-state index contributed by atoms with van der Waals surface area (Å²) in [7, 11) is 0. The molecule has 0 atom stereocenters. The summed E-state index contributed by atoms with van der Waals surface area (Å²) in [5.74, 6) is 0. The summed E-state index contributed by atoms with van der Waals surface area (Å²) >= 11 is 0. The molecule has 10 nitrogen and oxygen atoms in total. The highest BCUT2D eigenvalue weighted by molar-refractivity contribution is 5.97. The van der Waals surface area contributed by atoms with E-state index in [2.05, 4.69) is 9.97 Å². The van der Waals surface area contributed by atoms with Crippen LogP contribution in [0.1, 0.15) is 19.3 Å². The molecule has 1 aromatic heterocycles. The van der Waals surface area contributed by atoms with Crippen LogP contribution in [0.15, 0.2) is 10.9 Å². The molecule has 1 saturated heterocycles. The number of nitro benzene ring substituents is 2. The van der Waals surface area contributed by atoms with Gasteiger partial charge in [0.05, 0.1) is 15.4 Å². The van der Waals surface area contributed by atoms with Crippen molar-refractivity contribution in [3.05, 3.63) is 36.8 Å². The molecular weight excluding hydrogens is 294 g/mol. The molecule has 1 aliphatic heterocycles. The van der Waals surface area contributed by atoms with Crippen LogP contribution in [0.5, 0.6) is 0 Å². The lowest BCUT2D eigenvalue weighted by Gasteiger charge is -2.27. The van der Waals surface area contributed by atoms with Crippen molar-refractivity contribution < 1.29 is 9.85 Å². The number of anilines is 1. The Bertz CT molecular complexity index is 817. The monoisotopic (exact) mass is 307 g/mol. The second-order valence-corrected chi connectivity index (χ2v) is 5.16. The lowest BCUT2D eigenvalue weighted by atomic mass is 10.1. The number of aromatic nitrogens is 2. The van der Waals surface area contributed by atoms with Crippen LogP contribution in [0, 0.1) is 20.2 Å². The zero-order chi connectivity index (χ0) is 15.9. The van der Waals surface area contributed by atoms with Gasteiger partial charge in [-0.15, -0.1) is 0 Å². The molecule has 116 valence electrons. The van der Waals surface area contributed by atoms with Crippen molar-refractivity contribution in [1.29, 1.82) is 0 Å². The summed E-state index contributed by atoms with van der Waals surface area (Å²) in [4.78, 5) is 39.3. The van der Waals surface area contributed by atoms with Crippen LogP contribution >= 0.6 is 0 Å². The van der Waals surface area contributed by atoms with Crippen molar-refractivity contribution in [2.45, 2.75) is 19.3 Å². The molecule has 3 rings (SSSR count). The third-order valence-corrected chi connectivity index (χ3v) is 3.79. The van der Waals surface area contributed by atoms with Gasteiger partial charge in [0.15, 0.2) is 5.69 Å². The first kappa shape index (κ1) is 14.0.